The Morgan fingerprint density at radius 2 is 2.00 bits per heavy atom. The van der Waals surface area contributed by atoms with E-state index >= 15 is 0 Å². The molecule has 0 radical (unpaired) electrons. The smallest absolute Gasteiger partial charge is 0.324 e. The first-order valence-corrected chi connectivity index (χ1v) is 8.15. The second-order valence-corrected chi connectivity index (χ2v) is 5.89. The molecule has 0 aliphatic carbocycles. The minimum Gasteiger partial charge on any atom is -0.497 e. The molecule has 24 heavy (non-hydrogen) atoms. The van der Waals surface area contributed by atoms with Crippen LogP contribution in [0, 0.1) is 0 Å². The Bertz CT molecular complexity index is 816. The summed E-state index contributed by atoms with van der Waals surface area (Å²) in [5.74, 6) is 1.37. The van der Waals surface area contributed by atoms with Crippen LogP contribution in [0.15, 0.2) is 59.1 Å². The van der Waals surface area contributed by atoms with Crippen LogP contribution in [0.3, 0.4) is 0 Å². The lowest BCUT2D eigenvalue weighted by Gasteiger charge is -2.22. The van der Waals surface area contributed by atoms with Gasteiger partial charge in [0.1, 0.15) is 5.75 Å². The molecular weight excluding hydrogens is 302 g/mol. The fourth-order valence-corrected chi connectivity index (χ4v) is 3.23. The van der Waals surface area contributed by atoms with Crippen molar-refractivity contribution in [2.45, 2.75) is 18.9 Å². The molecule has 1 aromatic heterocycles. The average Bonchev–Trinajstić information content (AvgIpc) is 3.31. The van der Waals surface area contributed by atoms with Gasteiger partial charge in [0.05, 0.1) is 13.2 Å². The van der Waals surface area contributed by atoms with Crippen LogP contribution in [-0.4, -0.2) is 23.8 Å². The quantitative estimate of drug-likeness (QED) is 0.724. The van der Waals surface area contributed by atoms with Crippen LogP contribution in [0.1, 0.15) is 24.4 Å². The lowest BCUT2D eigenvalue weighted by atomic mass is 10.1. The van der Waals surface area contributed by atoms with Gasteiger partial charge >= 0.3 is 6.01 Å². The Hall–Kier alpha value is -2.82. The van der Waals surface area contributed by atoms with E-state index in [0.717, 1.165) is 30.7 Å². The monoisotopic (exact) mass is 321 g/mol. The highest BCUT2D eigenvalue weighted by Crippen LogP contribution is 2.36. The van der Waals surface area contributed by atoms with Crippen LogP contribution in [0.4, 0.5) is 6.01 Å². The topological polar surface area (TPSA) is 51.4 Å². The Balaban J connectivity index is 1.62. The molecule has 0 N–H and O–H groups in total. The van der Waals surface area contributed by atoms with E-state index in [2.05, 4.69) is 39.3 Å². The van der Waals surface area contributed by atoms with Crippen molar-refractivity contribution in [2.24, 2.45) is 0 Å². The van der Waals surface area contributed by atoms with Crippen LogP contribution in [0.2, 0.25) is 0 Å². The highest BCUT2D eigenvalue weighted by Gasteiger charge is 2.30. The lowest BCUT2D eigenvalue weighted by molar-refractivity contribution is 0.410. The summed E-state index contributed by atoms with van der Waals surface area (Å²) in [5, 5.41) is 4.15. The molecule has 1 saturated heterocycles. The second-order valence-electron chi connectivity index (χ2n) is 5.89. The number of benzene rings is 2. The third-order valence-electron chi connectivity index (χ3n) is 4.43. The van der Waals surface area contributed by atoms with Gasteiger partial charge in [-0.3, -0.25) is 0 Å². The van der Waals surface area contributed by atoms with Crippen molar-refractivity contribution in [3.05, 3.63) is 60.2 Å². The molecule has 0 spiro atoms. The Morgan fingerprint density at radius 1 is 1.12 bits per heavy atom. The number of anilines is 1. The first kappa shape index (κ1) is 14.8. The summed E-state index contributed by atoms with van der Waals surface area (Å²) in [6, 6.07) is 19.1. The Labute approximate surface area is 140 Å². The van der Waals surface area contributed by atoms with Gasteiger partial charge in [-0.05, 0) is 30.5 Å². The maximum absolute atomic E-state index is 5.55. The van der Waals surface area contributed by atoms with E-state index < -0.39 is 0 Å². The Morgan fingerprint density at radius 3 is 2.83 bits per heavy atom. The van der Waals surface area contributed by atoms with Gasteiger partial charge in [0.2, 0.25) is 5.82 Å². The molecule has 1 aliphatic rings. The number of rotatable bonds is 4. The molecular formula is C19H19N3O2. The number of hydrogen-bond acceptors (Lipinski definition) is 5. The molecule has 5 heteroatoms. The van der Waals surface area contributed by atoms with Crippen molar-refractivity contribution in [2.75, 3.05) is 18.6 Å². The van der Waals surface area contributed by atoms with E-state index in [-0.39, 0.29) is 0 Å². The molecule has 0 saturated carbocycles. The minimum atomic E-state index is 0.296. The largest absolute Gasteiger partial charge is 0.497 e. The van der Waals surface area contributed by atoms with Gasteiger partial charge in [-0.1, -0.05) is 47.6 Å². The molecule has 5 nitrogen and oxygen atoms in total. The van der Waals surface area contributed by atoms with E-state index in [4.69, 9.17) is 9.26 Å². The SMILES string of the molecule is COc1cccc(-c2noc(N3CCCC3c3ccccc3)n2)c1. The zero-order valence-corrected chi connectivity index (χ0v) is 13.6. The van der Waals surface area contributed by atoms with Crippen LogP contribution in [0.25, 0.3) is 11.4 Å². The standard InChI is InChI=1S/C19H19N3O2/c1-23-16-10-5-9-15(13-16)18-20-19(24-21-18)22-12-6-11-17(22)14-7-3-2-4-8-14/h2-5,7-10,13,17H,6,11-12H2,1H3. The maximum atomic E-state index is 5.55. The average molecular weight is 321 g/mol. The predicted molar refractivity (Wildman–Crippen MR) is 92.0 cm³/mol. The van der Waals surface area contributed by atoms with Crippen LogP contribution >= 0.6 is 0 Å². The molecule has 0 bridgehead atoms. The number of hydrogen-bond donors (Lipinski definition) is 0. The van der Waals surface area contributed by atoms with Gasteiger partial charge < -0.3 is 14.2 Å². The van der Waals surface area contributed by atoms with E-state index in [9.17, 15) is 0 Å². The van der Waals surface area contributed by atoms with Crippen molar-refractivity contribution < 1.29 is 9.26 Å². The number of aromatic nitrogens is 2. The van der Waals surface area contributed by atoms with Gasteiger partial charge in [0.25, 0.3) is 0 Å². The number of methoxy groups -OCH3 is 1. The third-order valence-corrected chi connectivity index (χ3v) is 4.43. The highest BCUT2D eigenvalue weighted by atomic mass is 16.5. The molecule has 2 aromatic carbocycles. The predicted octanol–water partition coefficient (Wildman–Crippen LogP) is 4.09. The van der Waals surface area contributed by atoms with Crippen molar-refractivity contribution in [3.63, 3.8) is 0 Å². The van der Waals surface area contributed by atoms with Crippen LogP contribution in [0.5, 0.6) is 5.75 Å². The third kappa shape index (κ3) is 2.73. The molecule has 122 valence electrons. The van der Waals surface area contributed by atoms with E-state index in [1.54, 1.807) is 7.11 Å². The van der Waals surface area contributed by atoms with Crippen LogP contribution < -0.4 is 9.64 Å². The molecule has 1 fully saturated rings. The zero-order chi connectivity index (χ0) is 16.4. The van der Waals surface area contributed by atoms with E-state index in [1.807, 2.05) is 30.3 Å². The fraction of sp³-hybridized carbons (Fsp3) is 0.263. The molecule has 4 rings (SSSR count). The molecule has 0 amide bonds. The molecule has 3 aromatic rings. The molecule has 1 unspecified atom stereocenters. The minimum absolute atomic E-state index is 0.296. The molecule has 1 aliphatic heterocycles. The maximum Gasteiger partial charge on any atom is 0.324 e. The van der Waals surface area contributed by atoms with Crippen molar-refractivity contribution in [3.8, 4) is 17.1 Å². The summed E-state index contributed by atoms with van der Waals surface area (Å²) in [6.45, 7) is 0.930. The number of ether oxygens (including phenoxy) is 1. The van der Waals surface area contributed by atoms with Gasteiger partial charge in [0, 0.05) is 12.1 Å². The van der Waals surface area contributed by atoms with Gasteiger partial charge in [0.15, 0.2) is 0 Å². The van der Waals surface area contributed by atoms with Crippen LogP contribution in [-0.2, 0) is 0 Å². The molecule has 1 atom stereocenters. The zero-order valence-electron chi connectivity index (χ0n) is 13.6. The molecule has 2 heterocycles. The first-order valence-electron chi connectivity index (χ1n) is 8.15. The normalized spacial score (nSPS) is 17.2. The van der Waals surface area contributed by atoms with Crippen molar-refractivity contribution in [1.82, 2.24) is 10.1 Å². The summed E-state index contributed by atoms with van der Waals surface area (Å²) in [4.78, 5) is 6.81. The summed E-state index contributed by atoms with van der Waals surface area (Å²) >= 11 is 0. The second kappa shape index (κ2) is 6.35. The first-order chi connectivity index (χ1) is 11.8. The highest BCUT2D eigenvalue weighted by molar-refractivity contribution is 5.58. The summed E-state index contributed by atoms with van der Waals surface area (Å²) in [6.07, 6.45) is 2.22. The number of nitrogens with zero attached hydrogens (tertiary/aromatic N) is 3. The van der Waals surface area contributed by atoms with Gasteiger partial charge in [-0.2, -0.15) is 4.98 Å². The van der Waals surface area contributed by atoms with E-state index in [0.29, 0.717) is 17.9 Å². The summed E-state index contributed by atoms with van der Waals surface area (Å²) < 4.78 is 10.8. The Kier molecular flexibility index (Phi) is 3.91. The van der Waals surface area contributed by atoms with Gasteiger partial charge in [-0.15, -0.1) is 0 Å². The van der Waals surface area contributed by atoms with Crippen molar-refractivity contribution in [1.29, 1.82) is 0 Å². The van der Waals surface area contributed by atoms with Crippen molar-refractivity contribution >= 4 is 6.01 Å². The van der Waals surface area contributed by atoms with Gasteiger partial charge in [-0.25, -0.2) is 0 Å². The summed E-state index contributed by atoms with van der Waals surface area (Å²) in [5.41, 5.74) is 2.18. The lowest BCUT2D eigenvalue weighted by Crippen LogP contribution is -2.22. The van der Waals surface area contributed by atoms with E-state index in [1.165, 1.54) is 5.56 Å². The summed E-state index contributed by atoms with van der Waals surface area (Å²) in [7, 11) is 1.65. The fourth-order valence-electron chi connectivity index (χ4n) is 3.23.